The van der Waals surface area contributed by atoms with Crippen molar-refractivity contribution in [3.63, 3.8) is 0 Å². The standard InChI is InChI=1S/C30H28N2.C24H32N2.C22H26N2S2/c1-17-13-19(3)27(20(4)14-17)31-29-24-11-7-9-23-10-8-12-25(26(23)24)30(29)32-28-21(5)15-18(2)16-22(28)6;1-7-19-13-11-14-20(8-2)23(19)25-17(5)18(6)26-24-21(9-3)15-12-16-22(24)10-4;1-13-9-15(3)19(16(4)10-13)23-21-22(26-8-7-25-21)24-20-17(5)11-14(2)12-18(20)6/h7-16H,1-6H3;11-16H,7-10H2,1-6H3;9-12H,7-8H2,1-6H3. The fraction of sp³-hybridized carbons (Fsp3) is 0.316. The molecule has 84 heavy (non-hydrogen) atoms. The first-order chi connectivity index (χ1) is 40.2. The van der Waals surface area contributed by atoms with Gasteiger partial charge in [0, 0.05) is 28.0 Å². The van der Waals surface area contributed by atoms with Crippen molar-refractivity contribution < 1.29 is 0 Å². The van der Waals surface area contributed by atoms with Crippen LogP contribution in [0.3, 0.4) is 0 Å². The molecule has 10 rings (SSSR count). The van der Waals surface area contributed by atoms with E-state index in [1.54, 1.807) is 0 Å². The van der Waals surface area contributed by atoms with E-state index in [4.69, 9.17) is 30.0 Å². The largest absolute Gasteiger partial charge is 0.251 e. The Morgan fingerprint density at radius 3 is 0.881 bits per heavy atom. The Morgan fingerprint density at radius 1 is 0.345 bits per heavy atom. The molecule has 1 heterocycles. The summed E-state index contributed by atoms with van der Waals surface area (Å²) in [4.78, 5) is 30.6. The number of aryl methyl sites for hydroxylation is 16. The summed E-state index contributed by atoms with van der Waals surface area (Å²) >= 11 is 3.64. The van der Waals surface area contributed by atoms with Crippen LogP contribution in [0.2, 0.25) is 0 Å². The van der Waals surface area contributed by atoms with Crippen LogP contribution in [-0.4, -0.2) is 44.4 Å². The molecule has 0 unspecified atom stereocenters. The Bertz CT molecular complexity index is 3610. The lowest BCUT2D eigenvalue weighted by molar-refractivity contribution is 1.08. The molecule has 8 aromatic carbocycles. The Labute approximate surface area is 511 Å². The molecule has 8 aromatic rings. The van der Waals surface area contributed by atoms with Gasteiger partial charge in [-0.3, -0.25) is 9.98 Å². The fourth-order valence-electron chi connectivity index (χ4n) is 11.8. The number of thioether (sulfide) groups is 2. The summed E-state index contributed by atoms with van der Waals surface area (Å²) < 4.78 is 0. The predicted molar refractivity (Wildman–Crippen MR) is 374 cm³/mol. The molecule has 0 amide bonds. The van der Waals surface area contributed by atoms with Gasteiger partial charge in [-0.1, -0.05) is 171 Å². The van der Waals surface area contributed by atoms with Crippen molar-refractivity contribution in [1.29, 1.82) is 0 Å². The highest BCUT2D eigenvalue weighted by atomic mass is 32.2. The molecule has 0 spiro atoms. The number of para-hydroxylation sites is 2. The molecule has 1 saturated heterocycles. The maximum absolute atomic E-state index is 5.28. The number of benzene rings is 8. The Morgan fingerprint density at radius 2 is 0.607 bits per heavy atom. The highest BCUT2D eigenvalue weighted by Gasteiger charge is 2.28. The Hall–Kier alpha value is -7.26. The first-order valence-electron chi connectivity index (χ1n) is 30.0. The van der Waals surface area contributed by atoms with E-state index in [-0.39, 0.29) is 0 Å². The minimum Gasteiger partial charge on any atom is -0.251 e. The summed E-state index contributed by atoms with van der Waals surface area (Å²) in [7, 11) is 0. The number of hydrogen-bond acceptors (Lipinski definition) is 8. The summed E-state index contributed by atoms with van der Waals surface area (Å²) in [6.45, 7) is 38.6. The zero-order chi connectivity index (χ0) is 60.5. The van der Waals surface area contributed by atoms with E-state index in [1.807, 2.05) is 23.5 Å². The van der Waals surface area contributed by atoms with E-state index in [2.05, 4.69) is 246 Å². The second kappa shape index (κ2) is 28.1. The third-order valence-electron chi connectivity index (χ3n) is 15.8. The van der Waals surface area contributed by atoms with Crippen LogP contribution in [0.25, 0.3) is 10.8 Å². The lowest BCUT2D eigenvalue weighted by atomic mass is 10.0. The van der Waals surface area contributed by atoms with Gasteiger partial charge in [0.1, 0.15) is 10.1 Å². The Kier molecular flexibility index (Phi) is 21.0. The molecule has 1 aliphatic carbocycles. The number of nitrogens with zero attached hydrogens (tertiary/aromatic N) is 6. The number of rotatable bonds is 11. The first-order valence-corrected chi connectivity index (χ1v) is 32.0. The topological polar surface area (TPSA) is 74.2 Å². The van der Waals surface area contributed by atoms with Gasteiger partial charge < -0.3 is 0 Å². The van der Waals surface area contributed by atoms with Gasteiger partial charge in [0.25, 0.3) is 0 Å². The zero-order valence-electron chi connectivity index (χ0n) is 53.3. The summed E-state index contributed by atoms with van der Waals surface area (Å²) in [6, 6.07) is 43.6. The fourth-order valence-corrected chi connectivity index (χ4v) is 13.9. The third kappa shape index (κ3) is 14.4. The molecule has 1 fully saturated rings. The minimum atomic E-state index is 0.964. The molecule has 2 aliphatic rings. The SMILES string of the molecule is CCc1cccc(CC)c1N=C(C)C(C)=Nc1c(CC)cccc1CC.Cc1cc(C)c(N=C2C(=Nc3c(C)cc(C)cc3C)c3cccc4cccc2c34)c(C)c1.Cc1cc(C)c(N=C2SCCSC2=Nc2c(C)cc(C)cc2C)c(C)c1. The summed E-state index contributed by atoms with van der Waals surface area (Å²) in [5.41, 5.74) is 32.8. The molecule has 432 valence electrons. The van der Waals surface area contributed by atoms with Crippen LogP contribution in [-0.2, 0) is 25.7 Å². The van der Waals surface area contributed by atoms with E-state index < -0.39 is 0 Å². The van der Waals surface area contributed by atoms with E-state index in [0.29, 0.717) is 0 Å². The molecule has 0 bridgehead atoms. The third-order valence-corrected chi connectivity index (χ3v) is 18.1. The molecule has 6 nitrogen and oxygen atoms in total. The van der Waals surface area contributed by atoms with Crippen LogP contribution < -0.4 is 0 Å². The van der Waals surface area contributed by atoms with Crippen molar-refractivity contribution >= 4 is 101 Å². The second-order valence-corrected chi connectivity index (χ2v) is 25.0. The normalized spacial score (nSPS) is 15.3. The zero-order valence-corrected chi connectivity index (χ0v) is 54.9. The van der Waals surface area contributed by atoms with Gasteiger partial charge in [0.15, 0.2) is 0 Å². The van der Waals surface area contributed by atoms with Crippen LogP contribution in [0.5, 0.6) is 0 Å². The average Bonchev–Trinajstić information content (AvgIpc) is 3.01. The van der Waals surface area contributed by atoms with Gasteiger partial charge in [-0.2, -0.15) is 0 Å². The highest BCUT2D eigenvalue weighted by molar-refractivity contribution is 8.27. The van der Waals surface area contributed by atoms with Gasteiger partial charge in [0.05, 0.1) is 57.0 Å². The van der Waals surface area contributed by atoms with Crippen LogP contribution in [0.1, 0.15) is 142 Å². The van der Waals surface area contributed by atoms with Crippen LogP contribution >= 0.6 is 23.5 Å². The maximum Gasteiger partial charge on any atom is 0.129 e. The molecule has 0 aromatic heterocycles. The molecule has 0 radical (unpaired) electrons. The molecular formula is C76H86N6S2. The number of aliphatic imine (C=N–C) groups is 6. The van der Waals surface area contributed by atoms with Gasteiger partial charge >= 0.3 is 0 Å². The van der Waals surface area contributed by atoms with E-state index in [0.717, 1.165) is 104 Å². The van der Waals surface area contributed by atoms with Crippen LogP contribution in [0, 0.1) is 83.1 Å². The first kappa shape index (κ1) is 62.8. The van der Waals surface area contributed by atoms with E-state index in [9.17, 15) is 0 Å². The lowest BCUT2D eigenvalue weighted by Crippen LogP contribution is -2.14. The van der Waals surface area contributed by atoms with Gasteiger partial charge in [-0.05, 0) is 195 Å². The molecule has 8 heteroatoms. The minimum absolute atomic E-state index is 0.964. The average molecular weight is 1150 g/mol. The predicted octanol–water partition coefficient (Wildman–Crippen LogP) is 21.5. The molecule has 1 aliphatic heterocycles. The van der Waals surface area contributed by atoms with Gasteiger partial charge in [0.2, 0.25) is 0 Å². The molecule has 0 atom stereocenters. The second-order valence-electron chi connectivity index (χ2n) is 22.8. The maximum atomic E-state index is 5.28. The monoisotopic (exact) mass is 1150 g/mol. The van der Waals surface area contributed by atoms with Crippen molar-refractivity contribution in [2.45, 2.75) is 150 Å². The summed E-state index contributed by atoms with van der Waals surface area (Å²) in [5.74, 6) is 2.16. The molecular weight excluding hydrogens is 1060 g/mol. The van der Waals surface area contributed by atoms with Crippen molar-refractivity contribution in [3.8, 4) is 0 Å². The molecule has 0 saturated carbocycles. The van der Waals surface area contributed by atoms with Crippen molar-refractivity contribution in [2.75, 3.05) is 11.5 Å². The van der Waals surface area contributed by atoms with Gasteiger partial charge in [-0.25, -0.2) is 20.0 Å². The summed E-state index contributed by atoms with van der Waals surface area (Å²) in [5, 5.41) is 4.58. The van der Waals surface area contributed by atoms with Crippen molar-refractivity contribution in [2.24, 2.45) is 30.0 Å². The van der Waals surface area contributed by atoms with E-state index in [1.165, 1.54) is 111 Å². The van der Waals surface area contributed by atoms with Crippen LogP contribution in [0.4, 0.5) is 34.1 Å². The lowest BCUT2D eigenvalue weighted by Gasteiger charge is -2.17. The van der Waals surface area contributed by atoms with Crippen LogP contribution in [0.15, 0.2) is 151 Å². The smallest absolute Gasteiger partial charge is 0.129 e. The number of hydrogen-bond donors (Lipinski definition) is 0. The molecule has 0 N–H and O–H groups in total. The van der Waals surface area contributed by atoms with Crippen molar-refractivity contribution in [1.82, 2.24) is 0 Å². The van der Waals surface area contributed by atoms with Gasteiger partial charge in [-0.15, -0.1) is 23.5 Å². The van der Waals surface area contributed by atoms with E-state index >= 15 is 0 Å². The quantitative estimate of drug-likeness (QED) is 0.121. The summed E-state index contributed by atoms with van der Waals surface area (Å²) in [6.07, 6.45) is 3.98. The van der Waals surface area contributed by atoms with Crippen molar-refractivity contribution in [3.05, 3.63) is 221 Å². The Balaban J connectivity index is 0.000000166. The highest BCUT2D eigenvalue weighted by Crippen LogP contribution is 2.39.